The van der Waals surface area contributed by atoms with Crippen LogP contribution in [0.5, 0.6) is 0 Å². The van der Waals surface area contributed by atoms with E-state index in [1.54, 1.807) is 0 Å². The molecule has 1 N–H and O–H groups in total. The average Bonchev–Trinajstić information content (AvgIpc) is 2.69. The van der Waals surface area contributed by atoms with Gasteiger partial charge >= 0.3 is 0 Å². The first-order valence-corrected chi connectivity index (χ1v) is 6.38. The quantitative estimate of drug-likeness (QED) is 0.879. The molecule has 2 heterocycles. The summed E-state index contributed by atoms with van der Waals surface area (Å²) in [6.45, 7) is 8.06. The van der Waals surface area contributed by atoms with Gasteiger partial charge in [0.05, 0.1) is 5.69 Å². The van der Waals surface area contributed by atoms with Crippen LogP contribution >= 0.6 is 0 Å². The highest BCUT2D eigenvalue weighted by atomic mass is 15.2. The summed E-state index contributed by atoms with van der Waals surface area (Å²) >= 11 is 0. The number of nitrogens with one attached hydrogen (secondary N) is 1. The third-order valence-electron chi connectivity index (χ3n) is 2.93. The second-order valence-electron chi connectivity index (χ2n) is 4.55. The number of aromatic nitrogens is 3. The van der Waals surface area contributed by atoms with Crippen molar-refractivity contribution in [2.24, 2.45) is 0 Å². The summed E-state index contributed by atoms with van der Waals surface area (Å²) < 4.78 is 2.17. The summed E-state index contributed by atoms with van der Waals surface area (Å²) in [7, 11) is 0. The molecule has 0 saturated heterocycles. The van der Waals surface area contributed by atoms with Crippen LogP contribution in [0.25, 0.3) is 0 Å². The molecule has 0 unspecified atom stereocenters. The van der Waals surface area contributed by atoms with Crippen LogP contribution in [0.2, 0.25) is 0 Å². The van der Waals surface area contributed by atoms with Crippen molar-refractivity contribution >= 4 is 5.95 Å². The van der Waals surface area contributed by atoms with Crippen molar-refractivity contribution in [3.63, 3.8) is 0 Å². The Morgan fingerprint density at radius 2 is 2.17 bits per heavy atom. The molecule has 0 fully saturated rings. The zero-order chi connectivity index (χ0) is 13.0. The van der Waals surface area contributed by atoms with Gasteiger partial charge in [-0.3, -0.25) is 4.98 Å². The average molecular weight is 244 g/mol. The fourth-order valence-electron chi connectivity index (χ4n) is 1.97. The van der Waals surface area contributed by atoms with E-state index in [0.29, 0.717) is 0 Å². The molecular formula is C14H20N4. The maximum Gasteiger partial charge on any atom is 0.203 e. The molecule has 0 radical (unpaired) electrons. The van der Waals surface area contributed by atoms with E-state index in [1.165, 1.54) is 11.1 Å². The Balaban J connectivity index is 2.08. The number of nitrogens with zero attached hydrogens (tertiary/aromatic N) is 3. The van der Waals surface area contributed by atoms with Crippen LogP contribution in [-0.2, 0) is 13.1 Å². The van der Waals surface area contributed by atoms with Gasteiger partial charge in [0.15, 0.2) is 0 Å². The lowest BCUT2D eigenvalue weighted by molar-refractivity contribution is 0.681. The monoisotopic (exact) mass is 244 g/mol. The molecule has 0 aliphatic heterocycles. The number of hydrogen-bond acceptors (Lipinski definition) is 3. The van der Waals surface area contributed by atoms with Gasteiger partial charge in [-0.25, -0.2) is 4.98 Å². The maximum absolute atomic E-state index is 4.51. The zero-order valence-electron chi connectivity index (χ0n) is 11.3. The van der Waals surface area contributed by atoms with Crippen LogP contribution in [0, 0.1) is 13.8 Å². The van der Waals surface area contributed by atoms with Crippen LogP contribution in [-0.4, -0.2) is 14.5 Å². The second-order valence-corrected chi connectivity index (χ2v) is 4.55. The standard InChI is InChI=1S/C14H20N4/c1-4-7-18-10-12(3)17-14(18)16-9-13-5-6-15-8-11(13)2/h5-6,8,10H,4,7,9H2,1-3H3,(H,16,17). The first-order chi connectivity index (χ1) is 8.70. The van der Waals surface area contributed by atoms with Crippen molar-refractivity contribution in [3.05, 3.63) is 41.5 Å². The second kappa shape index (κ2) is 5.67. The molecule has 0 atom stereocenters. The van der Waals surface area contributed by atoms with Crippen molar-refractivity contribution in [2.45, 2.75) is 40.3 Å². The van der Waals surface area contributed by atoms with E-state index in [9.17, 15) is 0 Å². The molecule has 4 heteroatoms. The molecule has 0 spiro atoms. The van der Waals surface area contributed by atoms with Gasteiger partial charge in [-0.2, -0.15) is 0 Å². The highest BCUT2D eigenvalue weighted by molar-refractivity contribution is 5.32. The lowest BCUT2D eigenvalue weighted by atomic mass is 10.1. The number of rotatable bonds is 5. The summed E-state index contributed by atoms with van der Waals surface area (Å²) in [5.41, 5.74) is 3.52. The predicted molar refractivity (Wildman–Crippen MR) is 73.6 cm³/mol. The SMILES string of the molecule is CCCn1cc(C)nc1NCc1ccncc1C. The van der Waals surface area contributed by atoms with Gasteiger partial charge in [0.25, 0.3) is 0 Å². The fraction of sp³-hybridized carbons (Fsp3) is 0.429. The Kier molecular flexibility index (Phi) is 3.97. The molecule has 96 valence electrons. The molecule has 2 rings (SSSR count). The number of aryl methyl sites for hydroxylation is 3. The predicted octanol–water partition coefficient (Wildman–Crippen LogP) is 2.92. The van der Waals surface area contributed by atoms with E-state index >= 15 is 0 Å². The van der Waals surface area contributed by atoms with Crippen molar-refractivity contribution in [1.82, 2.24) is 14.5 Å². The van der Waals surface area contributed by atoms with Gasteiger partial charge in [-0.05, 0) is 37.5 Å². The maximum atomic E-state index is 4.51. The summed E-state index contributed by atoms with van der Waals surface area (Å²) in [4.78, 5) is 8.61. The Bertz CT molecular complexity index is 516. The molecule has 18 heavy (non-hydrogen) atoms. The highest BCUT2D eigenvalue weighted by Crippen LogP contribution is 2.12. The van der Waals surface area contributed by atoms with E-state index in [0.717, 1.165) is 31.2 Å². The number of pyridine rings is 1. The molecule has 2 aromatic heterocycles. The van der Waals surface area contributed by atoms with Gasteiger partial charge in [0.1, 0.15) is 0 Å². The summed E-state index contributed by atoms with van der Waals surface area (Å²) in [6, 6.07) is 2.04. The summed E-state index contributed by atoms with van der Waals surface area (Å²) in [5.74, 6) is 0.950. The number of hydrogen-bond donors (Lipinski definition) is 1. The minimum absolute atomic E-state index is 0.786. The van der Waals surface area contributed by atoms with Crippen molar-refractivity contribution < 1.29 is 0 Å². The third kappa shape index (κ3) is 2.88. The molecular weight excluding hydrogens is 224 g/mol. The van der Waals surface area contributed by atoms with E-state index < -0.39 is 0 Å². The van der Waals surface area contributed by atoms with Gasteiger partial charge in [0, 0.05) is 31.7 Å². The van der Waals surface area contributed by atoms with Crippen molar-refractivity contribution in [2.75, 3.05) is 5.32 Å². The summed E-state index contributed by atoms with van der Waals surface area (Å²) in [6.07, 6.45) is 6.92. The first kappa shape index (κ1) is 12.6. The molecule has 0 aliphatic carbocycles. The summed E-state index contributed by atoms with van der Waals surface area (Å²) in [5, 5.41) is 3.40. The largest absolute Gasteiger partial charge is 0.352 e. The van der Waals surface area contributed by atoms with Gasteiger partial charge in [-0.1, -0.05) is 6.92 Å². The fourth-order valence-corrected chi connectivity index (χ4v) is 1.97. The van der Waals surface area contributed by atoms with Gasteiger partial charge in [-0.15, -0.1) is 0 Å². The Labute approximate surface area is 108 Å². The molecule has 0 saturated carbocycles. The van der Waals surface area contributed by atoms with E-state index in [-0.39, 0.29) is 0 Å². The topological polar surface area (TPSA) is 42.7 Å². The number of anilines is 1. The molecule has 0 aromatic carbocycles. The lowest BCUT2D eigenvalue weighted by Crippen LogP contribution is -2.08. The Morgan fingerprint density at radius 3 is 2.89 bits per heavy atom. The minimum Gasteiger partial charge on any atom is -0.352 e. The van der Waals surface area contributed by atoms with Crippen molar-refractivity contribution in [3.8, 4) is 0 Å². The van der Waals surface area contributed by atoms with E-state index in [4.69, 9.17) is 0 Å². The minimum atomic E-state index is 0.786. The van der Waals surface area contributed by atoms with Crippen LogP contribution in [0.15, 0.2) is 24.7 Å². The molecule has 4 nitrogen and oxygen atoms in total. The highest BCUT2D eigenvalue weighted by Gasteiger charge is 2.05. The van der Waals surface area contributed by atoms with Crippen LogP contribution < -0.4 is 5.32 Å². The third-order valence-corrected chi connectivity index (χ3v) is 2.93. The molecule has 0 amide bonds. The van der Waals surface area contributed by atoms with E-state index in [1.807, 2.05) is 25.4 Å². The van der Waals surface area contributed by atoms with Gasteiger partial charge < -0.3 is 9.88 Å². The molecule has 0 aliphatic rings. The molecule has 0 bridgehead atoms. The van der Waals surface area contributed by atoms with Crippen LogP contribution in [0.1, 0.15) is 30.2 Å². The first-order valence-electron chi connectivity index (χ1n) is 6.38. The van der Waals surface area contributed by atoms with E-state index in [2.05, 4.69) is 39.9 Å². The number of imidazole rings is 1. The Morgan fingerprint density at radius 1 is 1.33 bits per heavy atom. The van der Waals surface area contributed by atoms with Crippen LogP contribution in [0.3, 0.4) is 0 Å². The molecule has 2 aromatic rings. The van der Waals surface area contributed by atoms with Crippen LogP contribution in [0.4, 0.5) is 5.95 Å². The Hall–Kier alpha value is -1.84. The van der Waals surface area contributed by atoms with Gasteiger partial charge in [0.2, 0.25) is 5.95 Å². The normalized spacial score (nSPS) is 10.6. The zero-order valence-corrected chi connectivity index (χ0v) is 11.3. The smallest absolute Gasteiger partial charge is 0.203 e. The van der Waals surface area contributed by atoms with Crippen molar-refractivity contribution in [1.29, 1.82) is 0 Å². The lowest BCUT2D eigenvalue weighted by Gasteiger charge is -2.10.